The summed E-state index contributed by atoms with van der Waals surface area (Å²) in [6.45, 7) is 0. The number of methoxy groups -OCH3 is 1. The molecule has 0 saturated carbocycles. The van der Waals surface area contributed by atoms with Gasteiger partial charge in [-0.3, -0.25) is 0 Å². The molecule has 19 heavy (non-hydrogen) atoms. The summed E-state index contributed by atoms with van der Waals surface area (Å²) in [5.74, 6) is 0.439. The predicted molar refractivity (Wildman–Crippen MR) is 65.6 cm³/mol. The molecule has 0 aliphatic rings. The number of rotatable bonds is 2. The number of anilines is 1. The molecule has 1 aromatic heterocycles. The van der Waals surface area contributed by atoms with E-state index in [0.29, 0.717) is 0 Å². The van der Waals surface area contributed by atoms with Gasteiger partial charge in [-0.25, -0.2) is 4.98 Å². The summed E-state index contributed by atoms with van der Waals surface area (Å²) < 4.78 is 44.0. The molecule has 0 bridgehead atoms. The number of nitrogen functional groups attached to an aromatic ring is 1. The van der Waals surface area contributed by atoms with Gasteiger partial charge in [0, 0.05) is 17.8 Å². The molecule has 0 aliphatic heterocycles. The number of ether oxygens (including phenoxy) is 1. The summed E-state index contributed by atoms with van der Waals surface area (Å²) in [5.41, 5.74) is 5.02. The SMILES string of the molecule is COc1cc(N)ncc1-c1ccccc1C(F)(F)F. The zero-order valence-electron chi connectivity index (χ0n) is 10.0. The minimum atomic E-state index is -4.44. The van der Waals surface area contributed by atoms with Crippen LogP contribution in [-0.2, 0) is 6.18 Å². The lowest BCUT2D eigenvalue weighted by atomic mass is 10.00. The summed E-state index contributed by atoms with van der Waals surface area (Å²) in [4.78, 5) is 3.82. The van der Waals surface area contributed by atoms with E-state index in [0.717, 1.165) is 6.07 Å². The van der Waals surface area contributed by atoms with Gasteiger partial charge in [-0.05, 0) is 11.6 Å². The Morgan fingerprint density at radius 2 is 1.84 bits per heavy atom. The highest BCUT2D eigenvalue weighted by molar-refractivity contribution is 5.74. The number of halogens is 3. The molecule has 0 fully saturated rings. The zero-order valence-corrected chi connectivity index (χ0v) is 10.0. The second-order valence-electron chi connectivity index (χ2n) is 3.85. The summed E-state index contributed by atoms with van der Waals surface area (Å²) >= 11 is 0. The molecular weight excluding hydrogens is 257 g/mol. The standard InChI is InChI=1S/C13H11F3N2O/c1-19-11-6-12(17)18-7-9(11)8-4-2-3-5-10(8)13(14,15)16/h2-7H,1H3,(H2,17,18). The van der Waals surface area contributed by atoms with E-state index in [1.807, 2.05) is 0 Å². The molecule has 1 aromatic carbocycles. The minimum absolute atomic E-state index is 0.0133. The highest BCUT2D eigenvalue weighted by atomic mass is 19.4. The van der Waals surface area contributed by atoms with E-state index >= 15 is 0 Å². The first kappa shape index (κ1) is 13.2. The molecule has 0 aliphatic carbocycles. The van der Waals surface area contributed by atoms with Gasteiger partial charge in [0.25, 0.3) is 0 Å². The highest BCUT2D eigenvalue weighted by Gasteiger charge is 2.33. The number of alkyl halides is 3. The van der Waals surface area contributed by atoms with Crippen molar-refractivity contribution in [2.24, 2.45) is 0 Å². The first-order valence-electron chi connectivity index (χ1n) is 5.39. The Hall–Kier alpha value is -2.24. The number of pyridine rings is 1. The Morgan fingerprint density at radius 1 is 1.16 bits per heavy atom. The van der Waals surface area contributed by atoms with Crippen LogP contribution in [0.3, 0.4) is 0 Å². The third kappa shape index (κ3) is 2.62. The lowest BCUT2D eigenvalue weighted by molar-refractivity contribution is -0.137. The van der Waals surface area contributed by atoms with Crippen LogP contribution in [0.15, 0.2) is 36.5 Å². The van der Waals surface area contributed by atoms with E-state index in [4.69, 9.17) is 10.5 Å². The van der Waals surface area contributed by atoms with Crippen molar-refractivity contribution in [3.05, 3.63) is 42.1 Å². The van der Waals surface area contributed by atoms with Crippen molar-refractivity contribution in [2.45, 2.75) is 6.18 Å². The topological polar surface area (TPSA) is 48.1 Å². The van der Waals surface area contributed by atoms with Gasteiger partial charge in [-0.2, -0.15) is 13.2 Å². The summed E-state index contributed by atoms with van der Waals surface area (Å²) in [6.07, 6.45) is -3.16. The lowest BCUT2D eigenvalue weighted by Crippen LogP contribution is -2.07. The maximum absolute atomic E-state index is 13.0. The number of nitrogens with two attached hydrogens (primary N) is 1. The van der Waals surface area contributed by atoms with Gasteiger partial charge in [0.05, 0.1) is 12.7 Å². The maximum atomic E-state index is 13.0. The van der Waals surface area contributed by atoms with Crippen LogP contribution in [0, 0.1) is 0 Å². The molecule has 0 radical (unpaired) electrons. The van der Waals surface area contributed by atoms with Crippen LogP contribution >= 0.6 is 0 Å². The Morgan fingerprint density at radius 3 is 2.47 bits per heavy atom. The van der Waals surface area contributed by atoms with Crippen LogP contribution in [0.4, 0.5) is 19.0 Å². The van der Waals surface area contributed by atoms with Gasteiger partial charge in [0.2, 0.25) is 0 Å². The van der Waals surface area contributed by atoms with E-state index in [9.17, 15) is 13.2 Å². The van der Waals surface area contributed by atoms with Gasteiger partial charge in [-0.1, -0.05) is 18.2 Å². The largest absolute Gasteiger partial charge is 0.496 e. The molecule has 0 saturated heterocycles. The Bertz CT molecular complexity index is 597. The molecule has 6 heteroatoms. The average molecular weight is 268 g/mol. The van der Waals surface area contributed by atoms with E-state index in [-0.39, 0.29) is 22.7 Å². The van der Waals surface area contributed by atoms with Crippen LogP contribution in [0.1, 0.15) is 5.56 Å². The highest BCUT2D eigenvalue weighted by Crippen LogP contribution is 2.40. The van der Waals surface area contributed by atoms with Crippen molar-refractivity contribution < 1.29 is 17.9 Å². The van der Waals surface area contributed by atoms with Crippen molar-refractivity contribution in [2.75, 3.05) is 12.8 Å². The molecular formula is C13H11F3N2O. The van der Waals surface area contributed by atoms with Gasteiger partial charge in [0.1, 0.15) is 11.6 Å². The quantitative estimate of drug-likeness (QED) is 0.908. The van der Waals surface area contributed by atoms with Gasteiger partial charge in [-0.15, -0.1) is 0 Å². The molecule has 2 rings (SSSR count). The van der Waals surface area contributed by atoms with E-state index in [1.165, 1.54) is 37.6 Å². The normalized spacial score (nSPS) is 11.4. The second kappa shape index (κ2) is 4.79. The van der Waals surface area contributed by atoms with Crippen molar-refractivity contribution in [1.82, 2.24) is 4.98 Å². The van der Waals surface area contributed by atoms with E-state index in [2.05, 4.69) is 4.98 Å². The first-order valence-corrected chi connectivity index (χ1v) is 5.39. The second-order valence-corrected chi connectivity index (χ2v) is 3.85. The van der Waals surface area contributed by atoms with Crippen molar-refractivity contribution in [3.8, 4) is 16.9 Å². The summed E-state index contributed by atoms with van der Waals surface area (Å²) in [7, 11) is 1.37. The summed E-state index contributed by atoms with van der Waals surface area (Å²) in [6, 6.07) is 6.65. The average Bonchev–Trinajstić information content (AvgIpc) is 2.37. The van der Waals surface area contributed by atoms with E-state index in [1.54, 1.807) is 0 Å². The smallest absolute Gasteiger partial charge is 0.417 e. The molecule has 2 N–H and O–H groups in total. The fourth-order valence-corrected chi connectivity index (χ4v) is 1.79. The Kier molecular flexibility index (Phi) is 3.33. The molecule has 0 atom stereocenters. The number of hydrogen-bond donors (Lipinski definition) is 1. The molecule has 0 amide bonds. The molecule has 2 aromatic rings. The number of aromatic nitrogens is 1. The van der Waals surface area contributed by atoms with Crippen LogP contribution in [0.2, 0.25) is 0 Å². The maximum Gasteiger partial charge on any atom is 0.417 e. The van der Waals surface area contributed by atoms with Crippen molar-refractivity contribution in [3.63, 3.8) is 0 Å². The fraction of sp³-hybridized carbons (Fsp3) is 0.154. The Labute approximate surface area is 107 Å². The third-order valence-electron chi connectivity index (χ3n) is 2.63. The molecule has 3 nitrogen and oxygen atoms in total. The third-order valence-corrected chi connectivity index (χ3v) is 2.63. The fourth-order valence-electron chi connectivity index (χ4n) is 1.79. The van der Waals surface area contributed by atoms with Gasteiger partial charge < -0.3 is 10.5 Å². The van der Waals surface area contributed by atoms with Crippen molar-refractivity contribution in [1.29, 1.82) is 0 Å². The Balaban J connectivity index is 2.66. The molecule has 0 unspecified atom stereocenters. The number of hydrogen-bond acceptors (Lipinski definition) is 3. The van der Waals surface area contributed by atoms with E-state index < -0.39 is 11.7 Å². The van der Waals surface area contributed by atoms with Crippen LogP contribution in [-0.4, -0.2) is 12.1 Å². The van der Waals surface area contributed by atoms with Gasteiger partial charge in [0.15, 0.2) is 0 Å². The zero-order chi connectivity index (χ0) is 14.0. The molecule has 100 valence electrons. The van der Waals surface area contributed by atoms with Crippen molar-refractivity contribution >= 4 is 5.82 Å². The molecule has 0 spiro atoms. The van der Waals surface area contributed by atoms with Crippen LogP contribution < -0.4 is 10.5 Å². The van der Waals surface area contributed by atoms with Gasteiger partial charge >= 0.3 is 6.18 Å². The lowest BCUT2D eigenvalue weighted by Gasteiger charge is -2.15. The first-order chi connectivity index (χ1) is 8.93. The van der Waals surface area contributed by atoms with Crippen LogP contribution in [0.5, 0.6) is 5.75 Å². The number of benzene rings is 1. The monoisotopic (exact) mass is 268 g/mol. The minimum Gasteiger partial charge on any atom is -0.496 e. The summed E-state index contributed by atoms with van der Waals surface area (Å²) in [5, 5.41) is 0. The molecule has 1 heterocycles. The van der Waals surface area contributed by atoms with Crippen LogP contribution in [0.25, 0.3) is 11.1 Å². The number of nitrogens with zero attached hydrogens (tertiary/aromatic N) is 1. The predicted octanol–water partition coefficient (Wildman–Crippen LogP) is 3.36.